The lowest BCUT2D eigenvalue weighted by atomic mass is 10.1. The van der Waals surface area contributed by atoms with Gasteiger partial charge in [-0.05, 0) is 18.2 Å². The Morgan fingerprint density at radius 1 is 1.57 bits per heavy atom. The van der Waals surface area contributed by atoms with Gasteiger partial charge in [0.1, 0.15) is 5.75 Å². The number of hydrogen-bond donors (Lipinski definition) is 0. The third-order valence-corrected chi connectivity index (χ3v) is 2.08. The molecular weight excluding hydrogens is 182 g/mol. The van der Waals surface area contributed by atoms with Crippen LogP contribution in [-0.4, -0.2) is 13.1 Å². The van der Waals surface area contributed by atoms with Gasteiger partial charge in [0.25, 0.3) is 0 Å². The SMILES string of the molecule is [C-]#[N+]C1OC(=O)c2ccc(OC)cc21. The van der Waals surface area contributed by atoms with Crippen LogP contribution in [-0.2, 0) is 4.74 Å². The van der Waals surface area contributed by atoms with Crippen LogP contribution in [0.5, 0.6) is 5.75 Å². The van der Waals surface area contributed by atoms with Crippen molar-refractivity contribution in [2.45, 2.75) is 6.23 Å². The number of methoxy groups -OCH3 is 1. The van der Waals surface area contributed by atoms with Gasteiger partial charge >= 0.3 is 12.2 Å². The standard InChI is InChI=1S/C10H7NO3/c1-11-9-8-5-6(13-2)3-4-7(8)10(12)14-9/h3-5,9H,2H3. The number of ether oxygens (including phenoxy) is 2. The zero-order valence-electron chi connectivity index (χ0n) is 7.48. The molecule has 0 spiro atoms. The fourth-order valence-corrected chi connectivity index (χ4v) is 1.38. The monoisotopic (exact) mass is 189 g/mol. The van der Waals surface area contributed by atoms with E-state index in [-0.39, 0.29) is 0 Å². The highest BCUT2D eigenvalue weighted by Crippen LogP contribution is 2.33. The molecule has 1 aliphatic rings. The molecule has 1 aliphatic heterocycles. The molecule has 1 unspecified atom stereocenters. The molecule has 0 bridgehead atoms. The number of benzene rings is 1. The molecule has 0 amide bonds. The maximum atomic E-state index is 11.2. The Labute approximate surface area is 80.9 Å². The van der Waals surface area contributed by atoms with E-state index in [0.29, 0.717) is 16.9 Å². The lowest BCUT2D eigenvalue weighted by Gasteiger charge is -2.00. The van der Waals surface area contributed by atoms with E-state index >= 15 is 0 Å². The second-order valence-electron chi connectivity index (χ2n) is 2.84. The van der Waals surface area contributed by atoms with Crippen molar-refractivity contribution in [2.24, 2.45) is 0 Å². The first-order valence-electron chi connectivity index (χ1n) is 4.01. The average Bonchev–Trinajstić information content (AvgIpc) is 2.55. The Morgan fingerprint density at radius 2 is 2.36 bits per heavy atom. The van der Waals surface area contributed by atoms with E-state index in [0.717, 1.165) is 0 Å². The number of rotatable bonds is 1. The van der Waals surface area contributed by atoms with Gasteiger partial charge < -0.3 is 9.47 Å². The second-order valence-corrected chi connectivity index (χ2v) is 2.84. The average molecular weight is 189 g/mol. The van der Waals surface area contributed by atoms with Crippen LogP contribution in [0.2, 0.25) is 0 Å². The summed E-state index contributed by atoms with van der Waals surface area (Å²) < 4.78 is 9.83. The summed E-state index contributed by atoms with van der Waals surface area (Å²) >= 11 is 0. The number of hydrogen-bond acceptors (Lipinski definition) is 3. The number of esters is 1. The van der Waals surface area contributed by atoms with Gasteiger partial charge in [0.05, 0.1) is 18.2 Å². The van der Waals surface area contributed by atoms with Gasteiger partial charge in [0.2, 0.25) is 0 Å². The highest BCUT2D eigenvalue weighted by molar-refractivity contribution is 5.94. The molecule has 0 radical (unpaired) electrons. The zero-order valence-corrected chi connectivity index (χ0v) is 7.48. The van der Waals surface area contributed by atoms with Gasteiger partial charge in [-0.15, -0.1) is 0 Å². The molecule has 1 aromatic carbocycles. The van der Waals surface area contributed by atoms with Crippen molar-refractivity contribution in [2.75, 3.05) is 7.11 Å². The van der Waals surface area contributed by atoms with Crippen LogP contribution in [0.3, 0.4) is 0 Å². The summed E-state index contributed by atoms with van der Waals surface area (Å²) in [5.41, 5.74) is 1.04. The molecule has 1 atom stereocenters. The van der Waals surface area contributed by atoms with Crippen LogP contribution >= 0.6 is 0 Å². The van der Waals surface area contributed by atoms with Crippen molar-refractivity contribution < 1.29 is 14.3 Å². The molecule has 4 heteroatoms. The van der Waals surface area contributed by atoms with Crippen LogP contribution < -0.4 is 4.74 Å². The predicted octanol–water partition coefficient (Wildman–Crippen LogP) is 1.78. The first-order valence-corrected chi connectivity index (χ1v) is 4.01. The third kappa shape index (κ3) is 1.11. The molecule has 2 rings (SSSR count). The molecule has 0 saturated heterocycles. The van der Waals surface area contributed by atoms with Crippen LogP contribution in [0.25, 0.3) is 4.85 Å². The summed E-state index contributed by atoms with van der Waals surface area (Å²) in [5.74, 6) is 0.180. The highest BCUT2D eigenvalue weighted by Gasteiger charge is 2.35. The van der Waals surface area contributed by atoms with E-state index in [4.69, 9.17) is 16.0 Å². The van der Waals surface area contributed by atoms with Gasteiger partial charge in [0, 0.05) is 0 Å². The molecule has 0 saturated carbocycles. The Bertz CT molecular complexity index is 433. The second kappa shape index (κ2) is 3.04. The Morgan fingerprint density at radius 3 is 3.00 bits per heavy atom. The number of carbonyl (C=O) groups excluding carboxylic acids is 1. The summed E-state index contributed by atoms with van der Waals surface area (Å²) in [7, 11) is 1.53. The largest absolute Gasteiger partial charge is 0.497 e. The summed E-state index contributed by atoms with van der Waals surface area (Å²) in [6.07, 6.45) is -0.812. The van der Waals surface area contributed by atoms with E-state index in [9.17, 15) is 4.79 Å². The topological polar surface area (TPSA) is 39.9 Å². The van der Waals surface area contributed by atoms with Gasteiger partial charge in [-0.3, -0.25) is 4.85 Å². The zero-order chi connectivity index (χ0) is 10.1. The molecule has 1 aromatic rings. The third-order valence-electron chi connectivity index (χ3n) is 2.08. The molecule has 0 N–H and O–H groups in total. The Balaban J connectivity index is 2.54. The molecule has 1 heterocycles. The van der Waals surface area contributed by atoms with E-state index in [2.05, 4.69) is 4.85 Å². The maximum Gasteiger partial charge on any atom is 0.396 e. The lowest BCUT2D eigenvalue weighted by Crippen LogP contribution is -1.93. The van der Waals surface area contributed by atoms with E-state index < -0.39 is 12.2 Å². The van der Waals surface area contributed by atoms with Crippen molar-refractivity contribution in [1.29, 1.82) is 0 Å². The van der Waals surface area contributed by atoms with Crippen molar-refractivity contribution in [3.05, 3.63) is 40.7 Å². The number of cyclic esters (lactones) is 1. The Kier molecular flexibility index (Phi) is 1.86. The fraction of sp³-hybridized carbons (Fsp3) is 0.200. The first-order chi connectivity index (χ1) is 6.76. The lowest BCUT2D eigenvalue weighted by molar-refractivity contribution is 0.0463. The minimum absolute atomic E-state index is 0.441. The quantitative estimate of drug-likeness (QED) is 0.499. The molecule has 14 heavy (non-hydrogen) atoms. The van der Waals surface area contributed by atoms with Crippen molar-refractivity contribution in [3.8, 4) is 5.75 Å². The van der Waals surface area contributed by atoms with E-state index in [1.165, 1.54) is 7.11 Å². The summed E-state index contributed by atoms with van der Waals surface area (Å²) in [6.45, 7) is 6.86. The van der Waals surface area contributed by atoms with Crippen LogP contribution in [0.1, 0.15) is 22.1 Å². The van der Waals surface area contributed by atoms with Gasteiger partial charge in [-0.1, -0.05) is 0 Å². The van der Waals surface area contributed by atoms with Gasteiger partial charge in [0.15, 0.2) is 0 Å². The summed E-state index contributed by atoms with van der Waals surface area (Å²) in [4.78, 5) is 14.4. The Hall–Kier alpha value is -2.02. The number of fused-ring (bicyclic) bond motifs is 1. The van der Waals surface area contributed by atoms with Crippen LogP contribution in [0, 0.1) is 6.57 Å². The van der Waals surface area contributed by atoms with Gasteiger partial charge in [-0.25, -0.2) is 11.4 Å². The molecule has 0 aromatic heterocycles. The molecule has 0 fully saturated rings. The number of carbonyl (C=O) groups is 1. The predicted molar refractivity (Wildman–Crippen MR) is 47.8 cm³/mol. The first kappa shape index (κ1) is 8.57. The van der Waals surface area contributed by atoms with E-state index in [1.54, 1.807) is 18.2 Å². The molecule has 4 nitrogen and oxygen atoms in total. The fourth-order valence-electron chi connectivity index (χ4n) is 1.38. The van der Waals surface area contributed by atoms with E-state index in [1.807, 2.05) is 0 Å². The number of nitrogens with zero attached hydrogens (tertiary/aromatic N) is 1. The maximum absolute atomic E-state index is 11.2. The minimum atomic E-state index is -0.812. The van der Waals surface area contributed by atoms with Gasteiger partial charge in [-0.2, -0.15) is 0 Å². The van der Waals surface area contributed by atoms with Crippen molar-refractivity contribution in [1.82, 2.24) is 0 Å². The van der Waals surface area contributed by atoms with Crippen LogP contribution in [0.15, 0.2) is 18.2 Å². The normalized spacial score (nSPS) is 18.3. The highest BCUT2D eigenvalue weighted by atomic mass is 16.6. The summed E-state index contributed by atoms with van der Waals surface area (Å²) in [6, 6.07) is 4.94. The van der Waals surface area contributed by atoms with Crippen molar-refractivity contribution >= 4 is 5.97 Å². The molecule has 70 valence electrons. The molecule has 0 aliphatic carbocycles. The minimum Gasteiger partial charge on any atom is -0.497 e. The van der Waals surface area contributed by atoms with Crippen molar-refractivity contribution in [3.63, 3.8) is 0 Å². The summed E-state index contributed by atoms with van der Waals surface area (Å²) in [5, 5.41) is 0. The smallest absolute Gasteiger partial charge is 0.396 e. The molecular formula is C10H7NO3. The van der Waals surface area contributed by atoms with Crippen LogP contribution in [0.4, 0.5) is 0 Å².